The maximum Gasteiger partial charge on any atom is 0.193 e. The molecule has 1 N–H and O–H groups in total. The molecule has 0 saturated heterocycles. The molecule has 2 rings (SSSR count). The third-order valence-corrected chi connectivity index (χ3v) is 3.87. The normalized spacial score (nSPS) is 10.9. The van der Waals surface area contributed by atoms with Crippen molar-refractivity contribution in [3.05, 3.63) is 65.5 Å². The molecule has 2 aromatic rings. The number of nitrogens with zero attached hydrogens (tertiary/aromatic N) is 2. The van der Waals surface area contributed by atoms with Gasteiger partial charge in [0.1, 0.15) is 18.2 Å². The maximum atomic E-state index is 13.7. The van der Waals surface area contributed by atoms with Gasteiger partial charge in [-0.2, -0.15) is 0 Å². The second kappa shape index (κ2) is 12.5. The topological polar surface area (TPSA) is 46.1 Å². The van der Waals surface area contributed by atoms with Gasteiger partial charge >= 0.3 is 0 Å². The highest BCUT2D eigenvalue weighted by Gasteiger charge is 2.08. The van der Waals surface area contributed by atoms with E-state index in [0.717, 1.165) is 17.3 Å². The number of rotatable bonds is 8. The third-order valence-electron chi connectivity index (χ3n) is 3.87. The minimum Gasteiger partial charge on any atom is -0.492 e. The molecular weight excluding hydrogens is 460 g/mol. The fraction of sp³-hybridized carbons (Fsp3) is 0.350. The summed E-state index contributed by atoms with van der Waals surface area (Å²) in [6, 6.07) is 14.7. The molecule has 0 atom stereocenters. The summed E-state index contributed by atoms with van der Waals surface area (Å²) in [6.07, 6.45) is 0. The van der Waals surface area contributed by atoms with Crippen molar-refractivity contribution >= 4 is 29.9 Å². The number of methoxy groups -OCH3 is 1. The Bertz CT molecular complexity index is 714. The third kappa shape index (κ3) is 7.72. The predicted octanol–water partition coefficient (Wildman–Crippen LogP) is 3.68. The Morgan fingerprint density at radius 2 is 1.93 bits per heavy atom. The molecule has 0 spiro atoms. The minimum absolute atomic E-state index is 0. The van der Waals surface area contributed by atoms with Crippen LogP contribution in [0.1, 0.15) is 11.1 Å². The molecule has 7 heteroatoms. The van der Waals surface area contributed by atoms with Gasteiger partial charge in [-0.25, -0.2) is 4.39 Å². The van der Waals surface area contributed by atoms with Crippen molar-refractivity contribution in [3.63, 3.8) is 0 Å². The zero-order chi connectivity index (χ0) is 18.8. The van der Waals surface area contributed by atoms with E-state index in [9.17, 15) is 4.39 Å². The highest BCUT2D eigenvalue weighted by Crippen LogP contribution is 2.12. The Kier molecular flexibility index (Phi) is 10.7. The molecule has 27 heavy (non-hydrogen) atoms. The number of hydrogen-bond donors (Lipinski definition) is 1. The predicted molar refractivity (Wildman–Crippen MR) is 117 cm³/mol. The lowest BCUT2D eigenvalue weighted by Crippen LogP contribution is -2.40. The first-order valence-corrected chi connectivity index (χ1v) is 8.50. The van der Waals surface area contributed by atoms with Crippen LogP contribution in [0.15, 0.2) is 53.5 Å². The minimum atomic E-state index is -0.254. The van der Waals surface area contributed by atoms with E-state index in [-0.39, 0.29) is 36.4 Å². The van der Waals surface area contributed by atoms with Crippen LogP contribution in [0.25, 0.3) is 0 Å². The van der Waals surface area contributed by atoms with Gasteiger partial charge in [-0.3, -0.25) is 4.99 Å². The van der Waals surface area contributed by atoms with Crippen LogP contribution < -0.4 is 10.1 Å². The molecule has 0 aromatic heterocycles. The van der Waals surface area contributed by atoms with E-state index in [4.69, 9.17) is 9.47 Å². The number of likely N-dealkylation sites (N-methyl/N-ethyl adjacent to an activating group) is 1. The van der Waals surface area contributed by atoms with E-state index >= 15 is 0 Å². The summed E-state index contributed by atoms with van der Waals surface area (Å²) >= 11 is 0. The van der Waals surface area contributed by atoms with E-state index in [1.807, 2.05) is 42.3 Å². The number of nitrogens with one attached hydrogen (secondary N) is 1. The van der Waals surface area contributed by atoms with Crippen LogP contribution in [0.5, 0.6) is 5.75 Å². The quantitative estimate of drug-likeness (QED) is 0.351. The van der Waals surface area contributed by atoms with Crippen molar-refractivity contribution in [1.82, 2.24) is 10.2 Å². The standard InChI is InChI=1S/C20H26FN3O2.HI/c1-22-20(24(2)11-12-26-18-7-5-4-6-8-18)23-14-16-9-10-19(21)17(13-16)15-25-3;/h4-10,13H,11-12,14-15H2,1-3H3,(H,22,23);1H. The van der Waals surface area contributed by atoms with Gasteiger partial charge in [-0.05, 0) is 29.8 Å². The van der Waals surface area contributed by atoms with Crippen LogP contribution in [0.3, 0.4) is 0 Å². The Morgan fingerprint density at radius 3 is 2.59 bits per heavy atom. The lowest BCUT2D eigenvalue weighted by atomic mass is 10.1. The average Bonchev–Trinajstić information content (AvgIpc) is 2.66. The van der Waals surface area contributed by atoms with Crippen molar-refractivity contribution < 1.29 is 13.9 Å². The number of para-hydroxylation sites is 1. The van der Waals surface area contributed by atoms with E-state index in [1.165, 1.54) is 6.07 Å². The summed E-state index contributed by atoms with van der Waals surface area (Å²) in [7, 11) is 5.24. The number of aliphatic imine (C=N–C) groups is 1. The molecule has 0 saturated carbocycles. The molecule has 0 aliphatic rings. The molecule has 148 valence electrons. The maximum absolute atomic E-state index is 13.7. The van der Waals surface area contributed by atoms with Crippen molar-refractivity contribution in [2.45, 2.75) is 13.2 Å². The Morgan fingerprint density at radius 1 is 1.19 bits per heavy atom. The number of guanidine groups is 1. The molecule has 5 nitrogen and oxygen atoms in total. The summed E-state index contributed by atoms with van der Waals surface area (Å²) in [5.41, 5.74) is 1.51. The second-order valence-corrected chi connectivity index (χ2v) is 5.84. The van der Waals surface area contributed by atoms with Crippen molar-refractivity contribution in [2.75, 3.05) is 34.4 Å². The van der Waals surface area contributed by atoms with E-state index in [1.54, 1.807) is 26.3 Å². The molecule has 0 fully saturated rings. The molecule has 0 bridgehead atoms. The Balaban J connectivity index is 0.00000364. The Labute approximate surface area is 177 Å². The lowest BCUT2D eigenvalue weighted by molar-refractivity contribution is 0.181. The highest BCUT2D eigenvalue weighted by atomic mass is 127. The molecule has 0 amide bonds. The molecule has 0 aliphatic carbocycles. The molecule has 0 aliphatic heterocycles. The summed E-state index contributed by atoms with van der Waals surface area (Å²) in [4.78, 5) is 6.27. The number of halogens is 2. The summed E-state index contributed by atoms with van der Waals surface area (Å²) in [5, 5.41) is 3.28. The summed E-state index contributed by atoms with van der Waals surface area (Å²) < 4.78 is 24.4. The largest absolute Gasteiger partial charge is 0.492 e. The number of ether oxygens (including phenoxy) is 2. The SMILES string of the molecule is CN=C(NCc1ccc(F)c(COC)c1)N(C)CCOc1ccccc1.I. The number of hydrogen-bond acceptors (Lipinski definition) is 3. The monoisotopic (exact) mass is 487 g/mol. The van der Waals surface area contributed by atoms with Gasteiger partial charge < -0.3 is 19.7 Å². The lowest BCUT2D eigenvalue weighted by Gasteiger charge is -2.22. The average molecular weight is 487 g/mol. The highest BCUT2D eigenvalue weighted by molar-refractivity contribution is 14.0. The molecule has 0 radical (unpaired) electrons. The Hall–Kier alpha value is -1.87. The molecular formula is C20H27FIN3O2. The van der Waals surface area contributed by atoms with Crippen LogP contribution in [0.4, 0.5) is 4.39 Å². The summed E-state index contributed by atoms with van der Waals surface area (Å²) in [5.74, 6) is 1.34. The van der Waals surface area contributed by atoms with Gasteiger partial charge in [0.2, 0.25) is 0 Å². The van der Waals surface area contributed by atoms with Crippen LogP contribution in [-0.4, -0.2) is 45.2 Å². The van der Waals surface area contributed by atoms with Gasteiger partial charge in [0, 0.05) is 33.3 Å². The van der Waals surface area contributed by atoms with Crippen molar-refractivity contribution in [3.8, 4) is 5.75 Å². The van der Waals surface area contributed by atoms with Crippen LogP contribution in [0, 0.1) is 5.82 Å². The van der Waals surface area contributed by atoms with Gasteiger partial charge in [-0.15, -0.1) is 24.0 Å². The first-order chi connectivity index (χ1) is 12.6. The van der Waals surface area contributed by atoms with Crippen molar-refractivity contribution in [2.24, 2.45) is 4.99 Å². The van der Waals surface area contributed by atoms with Crippen LogP contribution >= 0.6 is 24.0 Å². The first-order valence-electron chi connectivity index (χ1n) is 8.50. The molecule has 0 unspecified atom stereocenters. The van der Waals surface area contributed by atoms with Gasteiger partial charge in [0.15, 0.2) is 5.96 Å². The molecule has 2 aromatic carbocycles. The fourth-order valence-electron chi connectivity index (χ4n) is 2.49. The number of benzene rings is 2. The molecule has 0 heterocycles. The smallest absolute Gasteiger partial charge is 0.193 e. The summed E-state index contributed by atoms with van der Waals surface area (Å²) in [6.45, 7) is 2.04. The fourth-order valence-corrected chi connectivity index (χ4v) is 2.49. The first kappa shape index (κ1) is 23.2. The van der Waals surface area contributed by atoms with E-state index < -0.39 is 0 Å². The van der Waals surface area contributed by atoms with Gasteiger partial charge in [0.05, 0.1) is 13.2 Å². The van der Waals surface area contributed by atoms with Crippen LogP contribution in [0.2, 0.25) is 0 Å². The van der Waals surface area contributed by atoms with E-state index in [2.05, 4.69) is 10.3 Å². The van der Waals surface area contributed by atoms with Gasteiger partial charge in [0.25, 0.3) is 0 Å². The zero-order valence-corrected chi connectivity index (χ0v) is 18.3. The van der Waals surface area contributed by atoms with Crippen LogP contribution in [-0.2, 0) is 17.9 Å². The van der Waals surface area contributed by atoms with E-state index in [0.29, 0.717) is 25.3 Å². The second-order valence-electron chi connectivity index (χ2n) is 5.84. The van der Waals surface area contributed by atoms with Crippen molar-refractivity contribution in [1.29, 1.82) is 0 Å². The zero-order valence-electron chi connectivity index (χ0n) is 15.9. The van der Waals surface area contributed by atoms with Gasteiger partial charge in [-0.1, -0.05) is 24.3 Å².